The van der Waals surface area contributed by atoms with Crippen molar-refractivity contribution in [2.24, 2.45) is 0 Å². The largest absolute Gasteiger partial charge is 0.324 e. The van der Waals surface area contributed by atoms with E-state index in [0.29, 0.717) is 22.7 Å². The molecule has 1 N–H and O–H groups in total. The van der Waals surface area contributed by atoms with Crippen LogP contribution in [0.2, 0.25) is 0 Å². The molecule has 0 bridgehead atoms. The van der Waals surface area contributed by atoms with Gasteiger partial charge in [0, 0.05) is 5.69 Å². The topological polar surface area (TPSA) is 96.7 Å². The van der Waals surface area contributed by atoms with Crippen molar-refractivity contribution in [3.8, 4) is 11.8 Å². The first-order chi connectivity index (χ1) is 14.6. The van der Waals surface area contributed by atoms with Crippen molar-refractivity contribution >= 4 is 28.9 Å². The number of nitriles is 1. The molecule has 0 aliphatic rings. The third-order valence-corrected chi connectivity index (χ3v) is 4.53. The fourth-order valence-corrected chi connectivity index (χ4v) is 3.24. The maximum atomic E-state index is 8.93. The molecular formula is C22H16N8. The van der Waals surface area contributed by atoms with Gasteiger partial charge in [0.2, 0.25) is 5.95 Å². The minimum atomic E-state index is 0.405. The van der Waals surface area contributed by atoms with Gasteiger partial charge in [0.05, 0.1) is 30.1 Å². The molecule has 0 fully saturated rings. The summed E-state index contributed by atoms with van der Waals surface area (Å²) in [6.07, 6.45) is 4.83. The van der Waals surface area contributed by atoms with Crippen molar-refractivity contribution in [3.05, 3.63) is 82.5 Å². The van der Waals surface area contributed by atoms with Crippen LogP contribution in [0.25, 0.3) is 27.8 Å². The highest BCUT2D eigenvalue weighted by atomic mass is 15.4. The molecule has 30 heavy (non-hydrogen) atoms. The predicted molar refractivity (Wildman–Crippen MR) is 114 cm³/mol. The first kappa shape index (κ1) is 18.8. The van der Waals surface area contributed by atoms with Gasteiger partial charge in [-0.05, 0) is 54.8 Å². The van der Waals surface area contributed by atoms with Gasteiger partial charge in [0.25, 0.3) is 0 Å². The zero-order chi connectivity index (χ0) is 21.1. The van der Waals surface area contributed by atoms with E-state index in [2.05, 4.69) is 36.5 Å². The normalized spacial score (nSPS) is 10.8. The molecule has 0 aliphatic heterocycles. The molecule has 0 amide bonds. The number of hydrogen-bond acceptors (Lipinski definition) is 6. The fraction of sp³-hybridized carbons (Fsp3) is 0.0909. The summed E-state index contributed by atoms with van der Waals surface area (Å²) in [5.74, 6) is 0.405. The number of nitrogens with one attached hydrogen (secondary N) is 1. The van der Waals surface area contributed by atoms with Crippen LogP contribution in [-0.4, -0.2) is 25.0 Å². The molecule has 0 saturated heterocycles. The number of aryl methyl sites for hydroxylation is 2. The zero-order valence-electron chi connectivity index (χ0n) is 16.3. The van der Waals surface area contributed by atoms with E-state index in [4.69, 9.17) is 11.8 Å². The van der Waals surface area contributed by atoms with E-state index >= 15 is 0 Å². The van der Waals surface area contributed by atoms with Crippen LogP contribution in [0.1, 0.15) is 22.3 Å². The Morgan fingerprint density at radius 1 is 1.17 bits per heavy atom. The predicted octanol–water partition coefficient (Wildman–Crippen LogP) is 4.33. The third-order valence-electron chi connectivity index (χ3n) is 4.53. The molecular weight excluding hydrogens is 376 g/mol. The number of benzene rings is 2. The van der Waals surface area contributed by atoms with Gasteiger partial charge < -0.3 is 5.32 Å². The molecule has 8 nitrogen and oxygen atoms in total. The van der Waals surface area contributed by atoms with Gasteiger partial charge in [0.15, 0.2) is 17.4 Å². The van der Waals surface area contributed by atoms with Gasteiger partial charge in [-0.1, -0.05) is 23.4 Å². The molecule has 4 rings (SSSR count). The monoisotopic (exact) mass is 392 g/mol. The Bertz CT molecular complexity index is 1330. The van der Waals surface area contributed by atoms with Gasteiger partial charge in [0.1, 0.15) is 0 Å². The van der Waals surface area contributed by atoms with Crippen LogP contribution in [0, 0.1) is 31.8 Å². The van der Waals surface area contributed by atoms with Gasteiger partial charge in [-0.3, -0.25) is 0 Å². The Morgan fingerprint density at radius 3 is 2.57 bits per heavy atom. The lowest BCUT2D eigenvalue weighted by atomic mass is 10.0. The van der Waals surface area contributed by atoms with Crippen LogP contribution in [0.15, 0.2) is 48.8 Å². The molecule has 0 spiro atoms. The summed E-state index contributed by atoms with van der Waals surface area (Å²) in [7, 11) is 0. The minimum absolute atomic E-state index is 0.405. The number of anilines is 2. The average Bonchev–Trinajstić information content (AvgIpc) is 3.15. The second-order valence-electron chi connectivity index (χ2n) is 6.67. The Balaban J connectivity index is 1.74. The van der Waals surface area contributed by atoms with Crippen LogP contribution in [0.3, 0.4) is 0 Å². The van der Waals surface area contributed by atoms with Crippen LogP contribution in [-0.2, 0) is 0 Å². The minimum Gasteiger partial charge on any atom is -0.324 e. The molecule has 0 saturated carbocycles. The summed E-state index contributed by atoms with van der Waals surface area (Å²) in [6, 6.07) is 13.1. The standard InChI is InChI=1S/C22H16N8/c1-14-10-17(8-9-24-3)11-15(2)20(14)30-21-19(28-29-30)13-25-22(27-21)26-18-6-4-16(12-23)5-7-18/h4-11,13H,1-2H3,(H,25,26,27)/b9-8+. The first-order valence-electron chi connectivity index (χ1n) is 9.09. The Morgan fingerprint density at radius 2 is 1.90 bits per heavy atom. The highest BCUT2D eigenvalue weighted by molar-refractivity contribution is 5.74. The third kappa shape index (κ3) is 3.58. The SMILES string of the molecule is [C-]#[N+]/C=C/c1cc(C)c(-n2nnc3cnc(Nc4ccc(C#N)cc4)nc32)c(C)c1. The molecule has 4 aromatic rings. The Labute approximate surface area is 173 Å². The highest BCUT2D eigenvalue weighted by Gasteiger charge is 2.14. The summed E-state index contributed by atoms with van der Waals surface area (Å²) in [5.41, 5.74) is 6.34. The number of fused-ring (bicyclic) bond motifs is 1. The molecule has 0 radical (unpaired) electrons. The van der Waals surface area contributed by atoms with E-state index < -0.39 is 0 Å². The maximum absolute atomic E-state index is 8.93. The molecule has 2 aromatic heterocycles. The Hall–Kier alpha value is -4.56. The molecule has 0 aliphatic carbocycles. The molecule has 2 aromatic carbocycles. The van der Waals surface area contributed by atoms with Crippen molar-refractivity contribution in [2.75, 3.05) is 5.32 Å². The summed E-state index contributed by atoms with van der Waals surface area (Å²) in [4.78, 5) is 12.2. The van der Waals surface area contributed by atoms with E-state index in [9.17, 15) is 0 Å². The molecule has 0 atom stereocenters. The highest BCUT2D eigenvalue weighted by Crippen LogP contribution is 2.25. The van der Waals surface area contributed by atoms with Crippen molar-refractivity contribution in [3.63, 3.8) is 0 Å². The molecule has 0 unspecified atom stereocenters. The zero-order valence-corrected chi connectivity index (χ0v) is 16.3. The quantitative estimate of drug-likeness (QED) is 0.519. The van der Waals surface area contributed by atoms with Gasteiger partial charge in [-0.25, -0.2) is 9.83 Å². The molecule has 2 heterocycles. The number of nitrogens with zero attached hydrogens (tertiary/aromatic N) is 7. The fourth-order valence-electron chi connectivity index (χ4n) is 3.24. The lowest BCUT2D eigenvalue weighted by Gasteiger charge is -2.12. The average molecular weight is 392 g/mol. The Kier molecular flexibility index (Phi) is 4.90. The van der Waals surface area contributed by atoms with E-state index in [1.807, 2.05) is 26.0 Å². The molecule has 144 valence electrons. The van der Waals surface area contributed by atoms with E-state index in [-0.39, 0.29) is 0 Å². The van der Waals surface area contributed by atoms with Crippen LogP contribution in [0.5, 0.6) is 0 Å². The molecule has 8 heteroatoms. The van der Waals surface area contributed by atoms with Crippen LogP contribution >= 0.6 is 0 Å². The lowest BCUT2D eigenvalue weighted by Crippen LogP contribution is -2.05. The van der Waals surface area contributed by atoms with Crippen molar-refractivity contribution in [1.29, 1.82) is 5.26 Å². The van der Waals surface area contributed by atoms with Crippen molar-refractivity contribution in [1.82, 2.24) is 25.0 Å². The number of hydrogen-bond donors (Lipinski definition) is 1. The first-order valence-corrected chi connectivity index (χ1v) is 9.09. The smallest absolute Gasteiger partial charge is 0.229 e. The van der Waals surface area contributed by atoms with E-state index in [1.165, 1.54) is 6.20 Å². The number of aromatic nitrogens is 5. The second-order valence-corrected chi connectivity index (χ2v) is 6.67. The summed E-state index contributed by atoms with van der Waals surface area (Å²) >= 11 is 0. The van der Waals surface area contributed by atoms with Crippen LogP contribution < -0.4 is 5.32 Å². The van der Waals surface area contributed by atoms with Crippen molar-refractivity contribution < 1.29 is 0 Å². The van der Waals surface area contributed by atoms with E-state index in [1.54, 1.807) is 41.2 Å². The van der Waals surface area contributed by atoms with Gasteiger partial charge in [-0.2, -0.15) is 14.9 Å². The summed E-state index contributed by atoms with van der Waals surface area (Å²) in [6.45, 7) is 10.9. The van der Waals surface area contributed by atoms with Gasteiger partial charge in [-0.15, -0.1) is 5.10 Å². The van der Waals surface area contributed by atoms with Crippen molar-refractivity contribution in [2.45, 2.75) is 13.8 Å². The summed E-state index contributed by atoms with van der Waals surface area (Å²) < 4.78 is 1.70. The summed E-state index contributed by atoms with van der Waals surface area (Å²) in [5, 5.41) is 20.5. The van der Waals surface area contributed by atoms with E-state index in [0.717, 1.165) is 28.1 Å². The second kappa shape index (κ2) is 7.82. The van der Waals surface area contributed by atoms with Gasteiger partial charge >= 0.3 is 0 Å². The maximum Gasteiger partial charge on any atom is 0.229 e. The number of rotatable bonds is 4. The van der Waals surface area contributed by atoms with Crippen LogP contribution in [0.4, 0.5) is 11.6 Å². The lowest BCUT2D eigenvalue weighted by molar-refractivity contribution is 0.807.